The van der Waals surface area contributed by atoms with Crippen molar-refractivity contribution < 1.29 is 24.2 Å². The van der Waals surface area contributed by atoms with E-state index in [-0.39, 0.29) is 6.42 Å². The van der Waals surface area contributed by atoms with Crippen LogP contribution in [0.1, 0.15) is 12.6 Å². The molecule has 108 valence electrons. The van der Waals surface area contributed by atoms with Gasteiger partial charge in [0.05, 0.1) is 11.2 Å². The largest absolute Gasteiger partial charge is 0.480 e. The summed E-state index contributed by atoms with van der Waals surface area (Å²) < 4.78 is 4.77. The van der Waals surface area contributed by atoms with Crippen molar-refractivity contribution in [3.05, 3.63) is 16.6 Å². The lowest BCUT2D eigenvalue weighted by atomic mass is 10.1. The van der Waals surface area contributed by atoms with E-state index >= 15 is 0 Å². The van der Waals surface area contributed by atoms with Gasteiger partial charge < -0.3 is 20.5 Å². The molecule has 1 saturated heterocycles. The number of carbonyl (C=O) groups excluding carboxylic acids is 2. The van der Waals surface area contributed by atoms with Crippen molar-refractivity contribution in [1.82, 2.24) is 15.6 Å². The average Bonchev–Trinajstić information content (AvgIpc) is 2.97. The van der Waals surface area contributed by atoms with Crippen LogP contribution in [0.5, 0.6) is 0 Å². The summed E-state index contributed by atoms with van der Waals surface area (Å²) in [5.41, 5.74) is 2.17. The van der Waals surface area contributed by atoms with Crippen LogP contribution in [-0.2, 0) is 20.7 Å². The van der Waals surface area contributed by atoms with Gasteiger partial charge in [0.1, 0.15) is 18.2 Å². The number of nitrogens with zero attached hydrogens (tertiary/aromatic N) is 1. The molecule has 0 aromatic carbocycles. The summed E-state index contributed by atoms with van der Waals surface area (Å²) >= 11 is 1.34. The molecule has 1 aliphatic heterocycles. The van der Waals surface area contributed by atoms with Gasteiger partial charge in [-0.2, -0.15) is 0 Å². The van der Waals surface area contributed by atoms with E-state index in [2.05, 4.69) is 15.6 Å². The molecule has 0 saturated carbocycles. The van der Waals surface area contributed by atoms with Crippen molar-refractivity contribution in [2.45, 2.75) is 31.5 Å². The third-order valence-electron chi connectivity index (χ3n) is 2.83. The first-order valence-electron chi connectivity index (χ1n) is 5.84. The Morgan fingerprint density at radius 2 is 2.40 bits per heavy atom. The van der Waals surface area contributed by atoms with Gasteiger partial charge in [0.15, 0.2) is 0 Å². The Kier molecular flexibility index (Phi) is 4.18. The Morgan fingerprint density at radius 1 is 1.65 bits per heavy atom. The summed E-state index contributed by atoms with van der Waals surface area (Å²) in [6, 6.07) is -1.99. The molecule has 9 heteroatoms. The molecule has 1 aliphatic rings. The predicted octanol–water partition coefficient (Wildman–Crippen LogP) is -0.248. The van der Waals surface area contributed by atoms with E-state index in [1.165, 1.54) is 11.3 Å². The maximum absolute atomic E-state index is 12.0. The molecule has 2 amide bonds. The van der Waals surface area contributed by atoms with Gasteiger partial charge in [-0.05, 0) is 6.92 Å². The van der Waals surface area contributed by atoms with E-state index in [0.717, 1.165) is 0 Å². The second-order valence-electron chi connectivity index (χ2n) is 4.32. The standard InChI is InChI=1S/C11H13N3O5S/c1-5-8(14-11(18)19-5)9(15)13-7(10(16)17)2-6-3-20-4-12-6/h3-5,7-8H,2H2,1H3,(H,13,15)(H,14,18)(H,16,17)/t5-,7-,8-/m0/s1. The van der Waals surface area contributed by atoms with Crippen molar-refractivity contribution in [3.8, 4) is 0 Å². The maximum atomic E-state index is 12.0. The van der Waals surface area contributed by atoms with Gasteiger partial charge in [0.25, 0.3) is 0 Å². The van der Waals surface area contributed by atoms with Crippen LogP contribution in [0.2, 0.25) is 0 Å². The number of rotatable bonds is 5. The zero-order valence-corrected chi connectivity index (χ0v) is 11.3. The first-order chi connectivity index (χ1) is 9.47. The van der Waals surface area contributed by atoms with E-state index < -0.39 is 36.2 Å². The number of carboxylic acids is 1. The lowest BCUT2D eigenvalue weighted by Gasteiger charge is -2.17. The number of aromatic nitrogens is 1. The van der Waals surface area contributed by atoms with Gasteiger partial charge in [-0.25, -0.2) is 14.6 Å². The molecule has 1 aromatic rings. The zero-order valence-electron chi connectivity index (χ0n) is 10.5. The first-order valence-corrected chi connectivity index (χ1v) is 6.79. The smallest absolute Gasteiger partial charge is 0.408 e. The summed E-state index contributed by atoms with van der Waals surface area (Å²) in [6.07, 6.45) is -1.25. The molecule has 0 bridgehead atoms. The van der Waals surface area contributed by atoms with Crippen LogP contribution in [0.25, 0.3) is 0 Å². The number of amides is 2. The number of hydrogen-bond acceptors (Lipinski definition) is 6. The SMILES string of the molecule is C[C@@H]1OC(=O)N[C@@H]1C(=O)N[C@@H](Cc1cscn1)C(=O)O. The number of cyclic esters (lactones) is 1. The van der Waals surface area contributed by atoms with Crippen molar-refractivity contribution in [1.29, 1.82) is 0 Å². The third-order valence-corrected chi connectivity index (χ3v) is 3.46. The summed E-state index contributed by atoms with van der Waals surface area (Å²) in [7, 11) is 0. The molecule has 2 heterocycles. The number of thiazole rings is 1. The van der Waals surface area contributed by atoms with Gasteiger partial charge in [-0.3, -0.25) is 4.79 Å². The molecule has 0 unspecified atom stereocenters. The van der Waals surface area contributed by atoms with Crippen LogP contribution in [0.3, 0.4) is 0 Å². The van der Waals surface area contributed by atoms with E-state index in [9.17, 15) is 14.4 Å². The van der Waals surface area contributed by atoms with Crippen LogP contribution in [0, 0.1) is 0 Å². The minimum absolute atomic E-state index is 0.0838. The van der Waals surface area contributed by atoms with Crippen LogP contribution in [-0.4, -0.2) is 46.2 Å². The summed E-state index contributed by atoms with van der Waals surface area (Å²) in [4.78, 5) is 38.1. The molecule has 0 spiro atoms. The van der Waals surface area contributed by atoms with Crippen molar-refractivity contribution in [3.63, 3.8) is 0 Å². The summed E-state index contributed by atoms with van der Waals surface area (Å²) in [6.45, 7) is 1.55. The Balaban J connectivity index is 1.99. The minimum Gasteiger partial charge on any atom is -0.480 e. The maximum Gasteiger partial charge on any atom is 0.408 e. The molecule has 20 heavy (non-hydrogen) atoms. The molecule has 8 nitrogen and oxygen atoms in total. The van der Waals surface area contributed by atoms with Gasteiger partial charge in [0.2, 0.25) is 5.91 Å². The average molecular weight is 299 g/mol. The van der Waals surface area contributed by atoms with Crippen molar-refractivity contribution in [2.24, 2.45) is 0 Å². The zero-order chi connectivity index (χ0) is 14.7. The van der Waals surface area contributed by atoms with Crippen LogP contribution >= 0.6 is 11.3 Å². The molecule has 1 fully saturated rings. The fraction of sp³-hybridized carbons (Fsp3) is 0.455. The molecular formula is C11H13N3O5S. The highest BCUT2D eigenvalue weighted by molar-refractivity contribution is 7.07. The van der Waals surface area contributed by atoms with E-state index in [1.807, 2.05) is 0 Å². The third kappa shape index (κ3) is 3.23. The number of hydrogen-bond donors (Lipinski definition) is 3. The Morgan fingerprint density at radius 3 is 2.90 bits per heavy atom. The number of alkyl carbamates (subject to hydrolysis) is 1. The second kappa shape index (κ2) is 5.87. The fourth-order valence-corrected chi connectivity index (χ4v) is 2.37. The van der Waals surface area contributed by atoms with E-state index in [1.54, 1.807) is 17.8 Å². The van der Waals surface area contributed by atoms with Crippen LogP contribution < -0.4 is 10.6 Å². The second-order valence-corrected chi connectivity index (χ2v) is 5.03. The molecule has 3 atom stereocenters. The fourth-order valence-electron chi connectivity index (χ4n) is 1.80. The Bertz CT molecular complexity index is 518. The summed E-state index contributed by atoms with van der Waals surface area (Å²) in [5, 5.41) is 15.5. The molecule has 1 aromatic heterocycles. The lowest BCUT2D eigenvalue weighted by Crippen LogP contribution is -2.52. The first kappa shape index (κ1) is 14.3. The van der Waals surface area contributed by atoms with Crippen molar-refractivity contribution >= 4 is 29.3 Å². The molecule has 3 N–H and O–H groups in total. The van der Waals surface area contributed by atoms with Gasteiger partial charge in [-0.15, -0.1) is 11.3 Å². The number of nitrogens with one attached hydrogen (secondary N) is 2. The normalized spacial score (nSPS) is 22.8. The molecule has 0 aliphatic carbocycles. The lowest BCUT2D eigenvalue weighted by molar-refractivity contribution is -0.142. The van der Waals surface area contributed by atoms with Gasteiger partial charge >= 0.3 is 12.1 Å². The monoisotopic (exact) mass is 299 g/mol. The minimum atomic E-state index is -1.16. The van der Waals surface area contributed by atoms with E-state index in [4.69, 9.17) is 9.84 Å². The highest BCUT2D eigenvalue weighted by atomic mass is 32.1. The van der Waals surface area contributed by atoms with Gasteiger partial charge in [0, 0.05) is 11.8 Å². The highest BCUT2D eigenvalue weighted by Gasteiger charge is 2.37. The Hall–Kier alpha value is -2.16. The number of carboxylic acid groups (broad SMARTS) is 1. The molecule has 0 radical (unpaired) electrons. The number of ether oxygens (including phenoxy) is 1. The predicted molar refractivity (Wildman–Crippen MR) is 68.3 cm³/mol. The molecular weight excluding hydrogens is 286 g/mol. The number of aliphatic carboxylic acids is 1. The van der Waals surface area contributed by atoms with Crippen molar-refractivity contribution in [2.75, 3.05) is 0 Å². The quantitative estimate of drug-likeness (QED) is 0.690. The summed E-state index contributed by atoms with van der Waals surface area (Å²) in [5.74, 6) is -1.75. The Labute approximate surface area is 118 Å². The highest BCUT2D eigenvalue weighted by Crippen LogP contribution is 2.09. The van der Waals surface area contributed by atoms with E-state index in [0.29, 0.717) is 5.69 Å². The van der Waals surface area contributed by atoms with Crippen LogP contribution in [0.4, 0.5) is 4.79 Å². The van der Waals surface area contributed by atoms with Gasteiger partial charge in [-0.1, -0.05) is 0 Å². The molecule has 2 rings (SSSR count). The topological polar surface area (TPSA) is 118 Å². The van der Waals surface area contributed by atoms with Crippen LogP contribution in [0.15, 0.2) is 10.9 Å². The number of carbonyl (C=O) groups is 3.